The lowest BCUT2D eigenvalue weighted by Gasteiger charge is -1.89. The number of hydrogen-bond donors (Lipinski definition) is 1. The molecule has 0 amide bonds. The van der Waals surface area contributed by atoms with Gasteiger partial charge in [0.2, 0.25) is 0 Å². The smallest absolute Gasteiger partial charge is 0.112 e. The number of hydrogen-bond acceptors (Lipinski definition) is 2. The van der Waals surface area contributed by atoms with Crippen LogP contribution < -0.4 is 0 Å². The van der Waals surface area contributed by atoms with Crippen LogP contribution in [0.3, 0.4) is 0 Å². The number of nitrogens with zero attached hydrogens (tertiary/aromatic N) is 1. The first kappa shape index (κ1) is 5.92. The van der Waals surface area contributed by atoms with Crippen LogP contribution in [0.15, 0.2) is 23.4 Å². The maximum absolute atomic E-state index is 5.57. The molecule has 0 spiro atoms. The van der Waals surface area contributed by atoms with Crippen LogP contribution in [0.25, 0.3) is 0 Å². The summed E-state index contributed by atoms with van der Waals surface area (Å²) in [6, 6.07) is 3.51. The Labute approximate surface area is 58.1 Å². The minimum Gasteiger partial charge on any atom is -0.249 e. The van der Waals surface area contributed by atoms with E-state index in [0.717, 1.165) is 0 Å². The van der Waals surface area contributed by atoms with Crippen molar-refractivity contribution in [3.8, 4) is 0 Å². The number of thiol groups is 1. The van der Waals surface area contributed by atoms with Crippen LogP contribution in [0.1, 0.15) is 0 Å². The molecule has 0 aliphatic carbocycles. The minimum absolute atomic E-state index is 0.578. The van der Waals surface area contributed by atoms with E-state index in [4.69, 9.17) is 11.6 Å². The van der Waals surface area contributed by atoms with E-state index in [1.807, 2.05) is 0 Å². The molecule has 1 rings (SSSR count). The van der Waals surface area contributed by atoms with Gasteiger partial charge in [0.25, 0.3) is 0 Å². The van der Waals surface area contributed by atoms with E-state index in [1.54, 1.807) is 18.3 Å². The Hall–Kier alpha value is -0.210. The van der Waals surface area contributed by atoms with E-state index in [9.17, 15) is 0 Å². The normalized spacial score (nSPS) is 9.25. The van der Waals surface area contributed by atoms with Crippen LogP contribution in [0.2, 0.25) is 5.02 Å². The third-order valence-corrected chi connectivity index (χ3v) is 1.53. The molecular weight excluding hydrogens is 142 g/mol. The standard InChI is InChI=1S/C5H4ClNS/c6-4-2-1-3-7-5(4)8/h1-3H,(H,7,8). The molecule has 0 unspecified atom stereocenters. The lowest BCUT2D eigenvalue weighted by molar-refractivity contribution is 1.14. The second-order valence-electron chi connectivity index (χ2n) is 1.31. The van der Waals surface area contributed by atoms with Gasteiger partial charge in [0.05, 0.1) is 5.02 Å². The molecular formula is C5H4ClNS. The summed E-state index contributed by atoms with van der Waals surface area (Å²) in [7, 11) is 0. The molecule has 0 saturated heterocycles. The van der Waals surface area contributed by atoms with Gasteiger partial charge in [-0.2, -0.15) is 0 Å². The summed E-state index contributed by atoms with van der Waals surface area (Å²) >= 11 is 9.52. The SMILES string of the molecule is Sc1ncccc1Cl. The fraction of sp³-hybridized carbons (Fsp3) is 0. The highest BCUT2D eigenvalue weighted by Gasteiger charge is 1.89. The fourth-order valence-electron chi connectivity index (χ4n) is 0.377. The van der Waals surface area contributed by atoms with Crippen LogP contribution in [0.4, 0.5) is 0 Å². The van der Waals surface area contributed by atoms with Gasteiger partial charge in [-0.25, -0.2) is 4.98 Å². The summed E-state index contributed by atoms with van der Waals surface area (Å²) in [6.45, 7) is 0. The Kier molecular flexibility index (Phi) is 1.76. The van der Waals surface area contributed by atoms with Crippen molar-refractivity contribution in [1.29, 1.82) is 0 Å². The zero-order chi connectivity index (χ0) is 5.98. The lowest BCUT2D eigenvalue weighted by Crippen LogP contribution is -1.72. The van der Waals surface area contributed by atoms with Gasteiger partial charge in [-0.15, -0.1) is 12.6 Å². The number of rotatable bonds is 0. The molecule has 1 heterocycles. The monoisotopic (exact) mass is 145 g/mol. The van der Waals surface area contributed by atoms with Gasteiger partial charge in [0.15, 0.2) is 0 Å². The van der Waals surface area contributed by atoms with Gasteiger partial charge in [0, 0.05) is 6.20 Å². The van der Waals surface area contributed by atoms with Crippen LogP contribution >= 0.6 is 24.2 Å². The van der Waals surface area contributed by atoms with Crippen LogP contribution in [-0.2, 0) is 0 Å². The first-order valence-corrected chi connectivity index (χ1v) is 2.92. The van der Waals surface area contributed by atoms with E-state index in [-0.39, 0.29) is 0 Å². The molecule has 0 saturated carbocycles. The number of halogens is 1. The highest BCUT2D eigenvalue weighted by molar-refractivity contribution is 7.80. The second kappa shape index (κ2) is 2.37. The molecule has 0 N–H and O–H groups in total. The molecule has 0 aliphatic heterocycles. The van der Waals surface area contributed by atoms with Crippen LogP contribution in [0, 0.1) is 0 Å². The van der Waals surface area contributed by atoms with Crippen molar-refractivity contribution in [1.82, 2.24) is 4.98 Å². The Morgan fingerprint density at radius 3 is 2.75 bits per heavy atom. The summed E-state index contributed by atoms with van der Waals surface area (Å²) in [4.78, 5) is 3.81. The van der Waals surface area contributed by atoms with E-state index in [2.05, 4.69) is 17.6 Å². The summed E-state index contributed by atoms with van der Waals surface area (Å²) in [6.07, 6.45) is 1.65. The first-order chi connectivity index (χ1) is 3.80. The molecule has 3 heteroatoms. The molecule has 0 bridgehead atoms. The zero-order valence-electron chi connectivity index (χ0n) is 4.00. The third kappa shape index (κ3) is 1.14. The summed E-state index contributed by atoms with van der Waals surface area (Å²) < 4.78 is 0. The van der Waals surface area contributed by atoms with E-state index in [0.29, 0.717) is 10.0 Å². The van der Waals surface area contributed by atoms with E-state index < -0.39 is 0 Å². The molecule has 0 fully saturated rings. The first-order valence-electron chi connectivity index (χ1n) is 2.10. The van der Waals surface area contributed by atoms with Crippen molar-refractivity contribution in [3.63, 3.8) is 0 Å². The molecule has 0 aromatic carbocycles. The highest BCUT2D eigenvalue weighted by Crippen LogP contribution is 2.14. The predicted molar refractivity (Wildman–Crippen MR) is 36.5 cm³/mol. The molecule has 0 radical (unpaired) electrons. The van der Waals surface area contributed by atoms with Gasteiger partial charge in [-0.1, -0.05) is 11.6 Å². The summed E-state index contributed by atoms with van der Waals surface area (Å²) in [5.74, 6) is 0. The molecule has 1 nitrogen and oxygen atoms in total. The van der Waals surface area contributed by atoms with E-state index in [1.165, 1.54) is 0 Å². The molecule has 42 valence electrons. The maximum atomic E-state index is 5.57. The van der Waals surface area contributed by atoms with Gasteiger partial charge >= 0.3 is 0 Å². The van der Waals surface area contributed by atoms with Crippen LogP contribution in [0.5, 0.6) is 0 Å². The Morgan fingerprint density at radius 2 is 2.38 bits per heavy atom. The second-order valence-corrected chi connectivity index (χ2v) is 2.14. The molecule has 0 aliphatic rings. The van der Waals surface area contributed by atoms with Gasteiger partial charge < -0.3 is 0 Å². The van der Waals surface area contributed by atoms with Crippen LogP contribution in [-0.4, -0.2) is 4.98 Å². The molecule has 1 aromatic rings. The molecule has 8 heavy (non-hydrogen) atoms. The largest absolute Gasteiger partial charge is 0.249 e. The minimum atomic E-state index is 0.578. The van der Waals surface area contributed by atoms with E-state index >= 15 is 0 Å². The average Bonchev–Trinajstić information content (AvgIpc) is 1.77. The third-order valence-electron chi connectivity index (χ3n) is 0.739. The maximum Gasteiger partial charge on any atom is 0.112 e. The number of aromatic nitrogens is 1. The van der Waals surface area contributed by atoms with Crippen molar-refractivity contribution in [2.45, 2.75) is 5.03 Å². The van der Waals surface area contributed by atoms with Gasteiger partial charge in [-0.05, 0) is 12.1 Å². The Bertz CT molecular complexity index is 169. The van der Waals surface area contributed by atoms with Crippen molar-refractivity contribution in [2.24, 2.45) is 0 Å². The van der Waals surface area contributed by atoms with Gasteiger partial charge in [0.1, 0.15) is 5.03 Å². The summed E-state index contributed by atoms with van der Waals surface area (Å²) in [5, 5.41) is 1.17. The Morgan fingerprint density at radius 1 is 1.62 bits per heavy atom. The average molecular weight is 146 g/mol. The highest BCUT2D eigenvalue weighted by atomic mass is 35.5. The Balaban J connectivity index is 3.13. The lowest BCUT2D eigenvalue weighted by atomic mass is 10.5. The quantitative estimate of drug-likeness (QED) is 0.552. The topological polar surface area (TPSA) is 12.9 Å². The van der Waals surface area contributed by atoms with Crippen molar-refractivity contribution in [2.75, 3.05) is 0 Å². The van der Waals surface area contributed by atoms with Crippen molar-refractivity contribution >= 4 is 24.2 Å². The summed E-state index contributed by atoms with van der Waals surface area (Å²) in [5.41, 5.74) is 0. The predicted octanol–water partition coefficient (Wildman–Crippen LogP) is 2.02. The molecule has 0 atom stereocenters. The molecule has 1 aromatic heterocycles. The van der Waals surface area contributed by atoms with Crippen molar-refractivity contribution in [3.05, 3.63) is 23.4 Å². The zero-order valence-corrected chi connectivity index (χ0v) is 5.65. The van der Waals surface area contributed by atoms with Crippen molar-refractivity contribution < 1.29 is 0 Å². The fourth-order valence-corrected chi connectivity index (χ4v) is 0.640. The number of pyridine rings is 1. The van der Waals surface area contributed by atoms with Gasteiger partial charge in [-0.3, -0.25) is 0 Å².